The zero-order chi connectivity index (χ0) is 17.4. The van der Waals surface area contributed by atoms with E-state index >= 15 is 0 Å². The van der Waals surface area contributed by atoms with Gasteiger partial charge in [-0.3, -0.25) is 9.89 Å². The molecule has 6 heteroatoms. The summed E-state index contributed by atoms with van der Waals surface area (Å²) in [4.78, 5) is 18.7. The summed E-state index contributed by atoms with van der Waals surface area (Å²) in [5.41, 5.74) is 3.35. The lowest BCUT2D eigenvalue weighted by molar-refractivity contribution is -0.131. The number of aromatic nitrogens is 3. The molecule has 1 amide bonds. The van der Waals surface area contributed by atoms with Crippen LogP contribution in [0, 0.1) is 5.92 Å². The van der Waals surface area contributed by atoms with Crippen molar-refractivity contribution in [3.8, 4) is 11.1 Å². The summed E-state index contributed by atoms with van der Waals surface area (Å²) in [6, 6.07) is 4.42. The molecule has 6 nitrogen and oxygen atoms in total. The predicted molar refractivity (Wildman–Crippen MR) is 97.2 cm³/mol. The summed E-state index contributed by atoms with van der Waals surface area (Å²) >= 11 is 0. The van der Waals surface area contributed by atoms with E-state index in [2.05, 4.69) is 40.4 Å². The molecule has 2 N–H and O–H groups in total. The Morgan fingerprint density at radius 2 is 2.20 bits per heavy atom. The number of H-pyrrole nitrogens is 1. The molecule has 1 saturated heterocycles. The lowest BCUT2D eigenvalue weighted by Gasteiger charge is -2.16. The summed E-state index contributed by atoms with van der Waals surface area (Å²) in [5, 5.41) is 10.8. The minimum absolute atomic E-state index is 0.296. The first-order valence-electron chi connectivity index (χ1n) is 9.17. The first-order chi connectivity index (χ1) is 12.1. The van der Waals surface area contributed by atoms with Crippen LogP contribution in [0.4, 0.5) is 5.82 Å². The third-order valence-electron chi connectivity index (χ3n) is 5.01. The first kappa shape index (κ1) is 16.1. The molecule has 1 aliphatic carbocycles. The van der Waals surface area contributed by atoms with Crippen LogP contribution in [0.25, 0.3) is 11.1 Å². The minimum Gasteiger partial charge on any atom is -0.368 e. The molecular weight excluding hydrogens is 314 g/mol. The number of amides is 1. The molecule has 1 saturated carbocycles. The van der Waals surface area contributed by atoms with Crippen LogP contribution in [0.1, 0.15) is 44.7 Å². The Balaban J connectivity index is 1.54. The number of hydrogen-bond donors (Lipinski definition) is 2. The molecule has 3 heterocycles. The number of hydrogen-bond acceptors (Lipinski definition) is 4. The molecule has 132 valence electrons. The van der Waals surface area contributed by atoms with Gasteiger partial charge < -0.3 is 10.2 Å². The molecule has 25 heavy (non-hydrogen) atoms. The first-order valence-corrected chi connectivity index (χ1v) is 9.17. The van der Waals surface area contributed by atoms with Crippen molar-refractivity contribution in [3.05, 3.63) is 30.2 Å². The van der Waals surface area contributed by atoms with E-state index in [1.165, 1.54) is 0 Å². The molecule has 1 aliphatic heterocycles. The quantitative estimate of drug-likeness (QED) is 0.878. The van der Waals surface area contributed by atoms with Gasteiger partial charge in [0.2, 0.25) is 5.91 Å². The van der Waals surface area contributed by atoms with Crippen LogP contribution in [0.5, 0.6) is 0 Å². The molecule has 2 aromatic heterocycles. The van der Waals surface area contributed by atoms with Crippen LogP contribution < -0.4 is 5.32 Å². The summed E-state index contributed by atoms with van der Waals surface area (Å²) in [6.45, 7) is 5.85. The molecular formula is C19H25N5O. The molecule has 2 aliphatic rings. The highest BCUT2D eigenvalue weighted by Gasteiger charge is 2.37. The lowest BCUT2D eigenvalue weighted by atomic mass is 9.97. The maximum atomic E-state index is 12.3. The smallest absolute Gasteiger partial charge is 0.225 e. The normalized spacial score (nSPS) is 20.3. The molecule has 1 atom stereocenters. The van der Waals surface area contributed by atoms with Gasteiger partial charge in [-0.25, -0.2) is 4.98 Å². The van der Waals surface area contributed by atoms with Crippen LogP contribution in [-0.2, 0) is 4.79 Å². The summed E-state index contributed by atoms with van der Waals surface area (Å²) < 4.78 is 0. The van der Waals surface area contributed by atoms with E-state index in [0.29, 0.717) is 23.8 Å². The van der Waals surface area contributed by atoms with Crippen molar-refractivity contribution in [2.45, 2.75) is 45.1 Å². The summed E-state index contributed by atoms with van der Waals surface area (Å²) in [5.74, 6) is 1.84. The Hall–Kier alpha value is -2.37. The van der Waals surface area contributed by atoms with E-state index < -0.39 is 0 Å². The van der Waals surface area contributed by atoms with Crippen molar-refractivity contribution in [2.24, 2.45) is 5.92 Å². The third kappa shape index (κ3) is 3.38. The van der Waals surface area contributed by atoms with E-state index in [1.54, 1.807) is 0 Å². The molecule has 0 aromatic carbocycles. The molecule has 2 fully saturated rings. The fourth-order valence-electron chi connectivity index (χ4n) is 3.59. The molecule has 4 rings (SSSR count). The number of pyridine rings is 1. The van der Waals surface area contributed by atoms with Gasteiger partial charge in [-0.2, -0.15) is 5.10 Å². The zero-order valence-corrected chi connectivity index (χ0v) is 14.8. The fourth-order valence-corrected chi connectivity index (χ4v) is 3.59. The summed E-state index contributed by atoms with van der Waals surface area (Å²) in [6.07, 6.45) is 6.84. The number of anilines is 1. The largest absolute Gasteiger partial charge is 0.368 e. The van der Waals surface area contributed by atoms with Gasteiger partial charge in [0.25, 0.3) is 0 Å². The van der Waals surface area contributed by atoms with Crippen molar-refractivity contribution in [1.82, 2.24) is 20.1 Å². The van der Waals surface area contributed by atoms with Gasteiger partial charge >= 0.3 is 0 Å². The van der Waals surface area contributed by atoms with Crippen molar-refractivity contribution >= 4 is 11.7 Å². The number of aromatic amines is 1. The topological polar surface area (TPSA) is 73.9 Å². The van der Waals surface area contributed by atoms with E-state index in [-0.39, 0.29) is 0 Å². The monoisotopic (exact) mass is 339 g/mol. The summed E-state index contributed by atoms with van der Waals surface area (Å²) in [7, 11) is 0. The second kappa shape index (κ2) is 6.50. The van der Waals surface area contributed by atoms with Crippen LogP contribution in [0.15, 0.2) is 24.5 Å². The average Bonchev–Trinajstić information content (AvgIpc) is 3.12. The second-order valence-corrected chi connectivity index (χ2v) is 7.47. The number of rotatable bonds is 5. The highest BCUT2D eigenvalue weighted by molar-refractivity contribution is 5.81. The Morgan fingerprint density at radius 1 is 1.36 bits per heavy atom. The lowest BCUT2D eigenvalue weighted by Crippen LogP contribution is -2.29. The minimum atomic E-state index is 0.296. The van der Waals surface area contributed by atoms with Gasteiger partial charge in [0.15, 0.2) is 0 Å². The second-order valence-electron chi connectivity index (χ2n) is 7.47. The van der Waals surface area contributed by atoms with Crippen LogP contribution >= 0.6 is 0 Å². The van der Waals surface area contributed by atoms with Gasteiger partial charge in [0.05, 0.1) is 6.20 Å². The highest BCUT2D eigenvalue weighted by atomic mass is 16.2. The van der Waals surface area contributed by atoms with E-state index in [4.69, 9.17) is 0 Å². The Labute approximate surface area is 148 Å². The van der Waals surface area contributed by atoms with Crippen molar-refractivity contribution in [1.29, 1.82) is 0 Å². The van der Waals surface area contributed by atoms with Crippen molar-refractivity contribution in [2.75, 3.05) is 18.4 Å². The molecule has 0 unspecified atom stereocenters. The Morgan fingerprint density at radius 3 is 2.96 bits per heavy atom. The van der Waals surface area contributed by atoms with Gasteiger partial charge in [-0.1, -0.05) is 0 Å². The van der Waals surface area contributed by atoms with Crippen LogP contribution in [-0.4, -0.2) is 45.1 Å². The van der Waals surface area contributed by atoms with Crippen molar-refractivity contribution < 1.29 is 4.79 Å². The standard InChI is InChI=1S/C19H25N5O/c1-12(2)22-17-9-14(5-7-20-17)16-10-21-23-18(16)15-6-8-24(11-15)19(25)13-3-4-13/h5,7,9-10,12-13,15H,3-4,6,8,11H2,1-2H3,(H,20,22)(H,21,23)/t15-/m1/s1. The number of carbonyl (C=O) groups excluding carboxylic acids is 1. The van der Waals surface area contributed by atoms with Crippen LogP contribution in [0.3, 0.4) is 0 Å². The Bertz CT molecular complexity index is 765. The number of nitrogens with zero attached hydrogens (tertiary/aromatic N) is 3. The predicted octanol–water partition coefficient (Wildman–Crippen LogP) is 3.02. The number of nitrogens with one attached hydrogen (secondary N) is 2. The molecule has 2 aromatic rings. The van der Waals surface area contributed by atoms with E-state index in [9.17, 15) is 4.79 Å². The van der Waals surface area contributed by atoms with Crippen molar-refractivity contribution in [3.63, 3.8) is 0 Å². The highest BCUT2D eigenvalue weighted by Crippen LogP contribution is 2.37. The zero-order valence-electron chi connectivity index (χ0n) is 14.8. The fraction of sp³-hybridized carbons (Fsp3) is 0.526. The van der Waals surface area contributed by atoms with E-state index in [1.807, 2.05) is 23.4 Å². The van der Waals surface area contributed by atoms with Gasteiger partial charge in [0.1, 0.15) is 5.82 Å². The molecule has 0 bridgehead atoms. The average molecular weight is 339 g/mol. The van der Waals surface area contributed by atoms with Crippen LogP contribution in [0.2, 0.25) is 0 Å². The molecule has 0 radical (unpaired) electrons. The van der Waals surface area contributed by atoms with E-state index in [0.717, 1.165) is 55.0 Å². The maximum absolute atomic E-state index is 12.3. The van der Waals surface area contributed by atoms with Gasteiger partial charge in [0, 0.05) is 48.4 Å². The third-order valence-corrected chi connectivity index (χ3v) is 5.01. The maximum Gasteiger partial charge on any atom is 0.225 e. The Kier molecular flexibility index (Phi) is 4.19. The number of likely N-dealkylation sites (tertiary alicyclic amines) is 1. The molecule has 0 spiro atoms. The van der Waals surface area contributed by atoms with Gasteiger partial charge in [-0.15, -0.1) is 0 Å². The SMILES string of the molecule is CC(C)Nc1cc(-c2cn[nH]c2[C@@H]2CCN(C(=O)C3CC3)C2)ccn1. The number of carbonyl (C=O) groups is 1. The van der Waals surface area contributed by atoms with Gasteiger partial charge in [-0.05, 0) is 50.8 Å².